The summed E-state index contributed by atoms with van der Waals surface area (Å²) in [6.07, 6.45) is 2.42. The van der Waals surface area contributed by atoms with E-state index in [0.717, 1.165) is 35.2 Å². The highest BCUT2D eigenvalue weighted by Gasteiger charge is 2.21. The summed E-state index contributed by atoms with van der Waals surface area (Å²) in [7, 11) is 4.31. The van der Waals surface area contributed by atoms with Crippen molar-refractivity contribution in [3.8, 4) is 5.75 Å². The second kappa shape index (κ2) is 6.25. The van der Waals surface area contributed by atoms with Crippen LogP contribution < -0.4 is 0 Å². The van der Waals surface area contributed by atoms with E-state index in [2.05, 4.69) is 39.8 Å². The van der Waals surface area contributed by atoms with Crippen molar-refractivity contribution in [2.75, 3.05) is 27.2 Å². The maximum atomic E-state index is 10.1. The second-order valence-corrected chi connectivity index (χ2v) is 6.62. The molecule has 1 heterocycles. The summed E-state index contributed by atoms with van der Waals surface area (Å²) in [4.78, 5) is 4.75. The third-order valence-corrected chi connectivity index (χ3v) is 4.48. The van der Waals surface area contributed by atoms with Crippen molar-refractivity contribution in [1.29, 1.82) is 0 Å². The first-order valence-electron chi connectivity index (χ1n) is 6.84. The molecule has 3 nitrogen and oxygen atoms in total. The largest absolute Gasteiger partial charge is 0.507 e. The molecule has 0 amide bonds. The van der Waals surface area contributed by atoms with E-state index in [0.29, 0.717) is 11.8 Å². The zero-order valence-electron chi connectivity index (χ0n) is 12.0. The summed E-state index contributed by atoms with van der Waals surface area (Å²) in [5, 5.41) is 10.1. The molecule has 4 heteroatoms. The molecule has 1 aromatic carbocycles. The van der Waals surface area contributed by atoms with E-state index in [1.165, 1.54) is 12.8 Å². The topological polar surface area (TPSA) is 26.7 Å². The highest BCUT2D eigenvalue weighted by Crippen LogP contribution is 2.28. The zero-order chi connectivity index (χ0) is 14.0. The van der Waals surface area contributed by atoms with Crippen LogP contribution in [0, 0.1) is 6.92 Å². The Balaban J connectivity index is 2.00. The number of phenolic OH excluding ortho intramolecular Hbond substituents is 1. The lowest BCUT2D eigenvalue weighted by Gasteiger charge is -2.35. The molecule has 0 radical (unpaired) electrons. The molecule has 0 aromatic heterocycles. The first kappa shape index (κ1) is 14.8. The Morgan fingerprint density at radius 2 is 1.95 bits per heavy atom. The number of hydrogen-bond donors (Lipinski definition) is 1. The van der Waals surface area contributed by atoms with Crippen LogP contribution in [0.4, 0.5) is 0 Å². The number of piperidine rings is 1. The van der Waals surface area contributed by atoms with Crippen LogP contribution in [0.5, 0.6) is 5.75 Å². The van der Waals surface area contributed by atoms with Crippen LogP contribution in [0.2, 0.25) is 0 Å². The number of nitrogens with zero attached hydrogens (tertiary/aromatic N) is 2. The fraction of sp³-hybridized carbons (Fsp3) is 0.600. The summed E-state index contributed by atoms with van der Waals surface area (Å²) >= 11 is 3.50. The van der Waals surface area contributed by atoms with Gasteiger partial charge in [-0.1, -0.05) is 15.9 Å². The summed E-state index contributed by atoms with van der Waals surface area (Å²) in [5.41, 5.74) is 1.96. The van der Waals surface area contributed by atoms with Gasteiger partial charge in [0.1, 0.15) is 5.75 Å². The van der Waals surface area contributed by atoms with Gasteiger partial charge < -0.3 is 10.0 Å². The van der Waals surface area contributed by atoms with Crippen molar-refractivity contribution in [3.05, 3.63) is 27.7 Å². The number of aromatic hydroxyl groups is 1. The van der Waals surface area contributed by atoms with Crippen molar-refractivity contribution < 1.29 is 5.11 Å². The molecule has 1 saturated heterocycles. The van der Waals surface area contributed by atoms with E-state index < -0.39 is 0 Å². The molecular weight excluding hydrogens is 304 g/mol. The molecular formula is C15H23BrN2O. The van der Waals surface area contributed by atoms with E-state index in [-0.39, 0.29) is 0 Å². The van der Waals surface area contributed by atoms with Gasteiger partial charge in [0, 0.05) is 22.6 Å². The standard InChI is InChI=1S/C15H23BrN2O/c1-11-8-13(16)9-12(15(11)19)10-18-6-4-14(5-7-18)17(2)3/h8-9,14,19H,4-7,10H2,1-3H3. The number of likely N-dealkylation sites (tertiary alicyclic amines) is 1. The van der Waals surface area contributed by atoms with E-state index in [1.54, 1.807) is 0 Å². The summed E-state index contributed by atoms with van der Waals surface area (Å²) in [5.74, 6) is 0.443. The van der Waals surface area contributed by atoms with Crippen LogP contribution in [0.3, 0.4) is 0 Å². The molecule has 0 atom stereocenters. The minimum Gasteiger partial charge on any atom is -0.507 e. The highest BCUT2D eigenvalue weighted by molar-refractivity contribution is 9.10. The van der Waals surface area contributed by atoms with Crippen LogP contribution >= 0.6 is 15.9 Å². The van der Waals surface area contributed by atoms with Gasteiger partial charge >= 0.3 is 0 Å². The van der Waals surface area contributed by atoms with Crippen molar-refractivity contribution >= 4 is 15.9 Å². The van der Waals surface area contributed by atoms with Gasteiger partial charge in [-0.25, -0.2) is 0 Å². The zero-order valence-corrected chi connectivity index (χ0v) is 13.6. The first-order chi connectivity index (χ1) is 8.97. The molecule has 2 rings (SSSR count). The molecule has 0 saturated carbocycles. The number of phenols is 1. The molecule has 1 N–H and O–H groups in total. The van der Waals surface area contributed by atoms with Gasteiger partial charge in [-0.05, 0) is 64.6 Å². The van der Waals surface area contributed by atoms with E-state index in [9.17, 15) is 5.11 Å². The molecule has 0 aliphatic carbocycles. The quantitative estimate of drug-likeness (QED) is 0.925. The Morgan fingerprint density at radius 3 is 2.53 bits per heavy atom. The Labute approximate surface area is 124 Å². The molecule has 1 fully saturated rings. The normalized spacial score (nSPS) is 18.2. The molecule has 1 aliphatic heterocycles. The van der Waals surface area contributed by atoms with Crippen molar-refractivity contribution in [3.63, 3.8) is 0 Å². The third kappa shape index (κ3) is 3.71. The first-order valence-corrected chi connectivity index (χ1v) is 7.63. The Bertz CT molecular complexity index is 440. The molecule has 1 aromatic rings. The smallest absolute Gasteiger partial charge is 0.123 e. The Morgan fingerprint density at radius 1 is 1.32 bits per heavy atom. The summed E-state index contributed by atoms with van der Waals surface area (Å²) in [6, 6.07) is 4.69. The Hall–Kier alpha value is -0.580. The molecule has 0 spiro atoms. The Kier molecular flexibility index (Phi) is 4.87. The van der Waals surface area contributed by atoms with Gasteiger partial charge in [-0.15, -0.1) is 0 Å². The molecule has 1 aliphatic rings. The number of aryl methyl sites for hydroxylation is 1. The van der Waals surface area contributed by atoms with Crippen LogP contribution in [-0.4, -0.2) is 48.1 Å². The fourth-order valence-corrected chi connectivity index (χ4v) is 3.38. The van der Waals surface area contributed by atoms with Gasteiger partial charge in [0.2, 0.25) is 0 Å². The summed E-state index contributed by atoms with van der Waals surface area (Å²) < 4.78 is 1.04. The lowest BCUT2D eigenvalue weighted by molar-refractivity contribution is 0.139. The average Bonchev–Trinajstić information content (AvgIpc) is 2.36. The average molecular weight is 327 g/mol. The second-order valence-electron chi connectivity index (χ2n) is 5.70. The lowest BCUT2D eigenvalue weighted by Crippen LogP contribution is -2.41. The lowest BCUT2D eigenvalue weighted by atomic mass is 10.0. The highest BCUT2D eigenvalue weighted by atomic mass is 79.9. The van der Waals surface area contributed by atoms with Gasteiger partial charge in [-0.3, -0.25) is 4.90 Å². The van der Waals surface area contributed by atoms with Crippen LogP contribution in [-0.2, 0) is 6.54 Å². The van der Waals surface area contributed by atoms with Crippen molar-refractivity contribution in [1.82, 2.24) is 9.80 Å². The molecule has 0 unspecified atom stereocenters. The number of benzene rings is 1. The van der Waals surface area contributed by atoms with E-state index in [1.807, 2.05) is 19.1 Å². The fourth-order valence-electron chi connectivity index (χ4n) is 2.76. The van der Waals surface area contributed by atoms with Crippen LogP contribution in [0.15, 0.2) is 16.6 Å². The maximum absolute atomic E-state index is 10.1. The van der Waals surface area contributed by atoms with Gasteiger partial charge in [0.05, 0.1) is 0 Å². The number of hydrogen-bond acceptors (Lipinski definition) is 3. The van der Waals surface area contributed by atoms with E-state index in [4.69, 9.17) is 0 Å². The maximum Gasteiger partial charge on any atom is 0.123 e. The SMILES string of the molecule is Cc1cc(Br)cc(CN2CCC(N(C)C)CC2)c1O. The van der Waals surface area contributed by atoms with Crippen LogP contribution in [0.1, 0.15) is 24.0 Å². The van der Waals surface area contributed by atoms with E-state index >= 15 is 0 Å². The van der Waals surface area contributed by atoms with Crippen molar-refractivity contribution in [2.45, 2.75) is 32.4 Å². The monoisotopic (exact) mass is 326 g/mol. The third-order valence-electron chi connectivity index (χ3n) is 4.03. The molecule has 19 heavy (non-hydrogen) atoms. The number of halogens is 1. The number of rotatable bonds is 3. The van der Waals surface area contributed by atoms with Gasteiger partial charge in [0.15, 0.2) is 0 Å². The molecule has 106 valence electrons. The van der Waals surface area contributed by atoms with Crippen LogP contribution in [0.25, 0.3) is 0 Å². The minimum atomic E-state index is 0.443. The summed E-state index contributed by atoms with van der Waals surface area (Å²) in [6.45, 7) is 5.00. The van der Waals surface area contributed by atoms with Crippen molar-refractivity contribution in [2.24, 2.45) is 0 Å². The molecule has 0 bridgehead atoms. The van der Waals surface area contributed by atoms with Gasteiger partial charge in [0.25, 0.3) is 0 Å². The van der Waals surface area contributed by atoms with Gasteiger partial charge in [-0.2, -0.15) is 0 Å². The minimum absolute atomic E-state index is 0.443. The predicted octanol–water partition coefficient (Wildman–Crippen LogP) is 2.99. The predicted molar refractivity (Wildman–Crippen MR) is 82.5 cm³/mol.